The van der Waals surface area contributed by atoms with Crippen molar-refractivity contribution in [3.8, 4) is 0 Å². The van der Waals surface area contributed by atoms with Crippen LogP contribution in [-0.4, -0.2) is 15.8 Å². The summed E-state index contributed by atoms with van der Waals surface area (Å²) >= 11 is 3.18. The predicted molar refractivity (Wildman–Crippen MR) is 77.4 cm³/mol. The Labute approximate surface area is 126 Å². The minimum absolute atomic E-state index is 0.195. The number of aromatic nitrogens is 1. The molecule has 1 amide bonds. The summed E-state index contributed by atoms with van der Waals surface area (Å²) in [5.74, 6) is -1.57. The van der Waals surface area contributed by atoms with Crippen molar-refractivity contribution in [1.29, 1.82) is 0 Å². The van der Waals surface area contributed by atoms with E-state index in [4.69, 9.17) is 5.73 Å². The van der Waals surface area contributed by atoms with Gasteiger partial charge in [-0.15, -0.1) is 0 Å². The van der Waals surface area contributed by atoms with Crippen LogP contribution >= 0.6 is 15.9 Å². The standard InChI is InChI=1S/C12H8BrFN4O3/c13-6-1-2-11(16-5-6)17-12(19)7-3-9(15)8(14)4-10(7)18(20)21/h1-5H,15H2,(H,16,17,19). The van der Waals surface area contributed by atoms with Gasteiger partial charge in [0.25, 0.3) is 11.6 Å². The third kappa shape index (κ3) is 3.31. The van der Waals surface area contributed by atoms with Gasteiger partial charge in [-0.25, -0.2) is 9.37 Å². The zero-order chi connectivity index (χ0) is 15.6. The lowest BCUT2D eigenvalue weighted by atomic mass is 10.1. The van der Waals surface area contributed by atoms with Gasteiger partial charge in [0.15, 0.2) is 5.82 Å². The highest BCUT2D eigenvalue weighted by Crippen LogP contribution is 2.25. The fraction of sp³-hybridized carbons (Fsp3) is 0. The molecule has 0 saturated heterocycles. The average Bonchev–Trinajstić information content (AvgIpc) is 2.43. The van der Waals surface area contributed by atoms with Crippen LogP contribution in [0.15, 0.2) is 34.9 Å². The third-order valence-corrected chi connectivity index (χ3v) is 2.99. The van der Waals surface area contributed by atoms with Gasteiger partial charge in [0.05, 0.1) is 16.7 Å². The van der Waals surface area contributed by atoms with Crippen LogP contribution in [0.2, 0.25) is 0 Å². The number of nitrogen functional groups attached to an aromatic ring is 1. The fourth-order valence-electron chi connectivity index (χ4n) is 1.55. The number of halogens is 2. The van der Waals surface area contributed by atoms with Crippen molar-refractivity contribution in [2.45, 2.75) is 0 Å². The molecule has 7 nitrogen and oxygen atoms in total. The van der Waals surface area contributed by atoms with Gasteiger partial charge in [-0.3, -0.25) is 14.9 Å². The molecular weight excluding hydrogens is 347 g/mol. The molecule has 0 aliphatic rings. The second-order valence-corrected chi connectivity index (χ2v) is 4.88. The average molecular weight is 355 g/mol. The molecule has 0 radical (unpaired) electrons. The van der Waals surface area contributed by atoms with Crippen molar-refractivity contribution >= 4 is 39.0 Å². The Morgan fingerprint density at radius 3 is 2.71 bits per heavy atom. The van der Waals surface area contributed by atoms with Gasteiger partial charge < -0.3 is 11.1 Å². The first-order chi connectivity index (χ1) is 9.88. The van der Waals surface area contributed by atoms with Crippen LogP contribution in [0.4, 0.5) is 21.6 Å². The Kier molecular flexibility index (Phi) is 4.13. The van der Waals surface area contributed by atoms with Crippen LogP contribution in [0.5, 0.6) is 0 Å². The van der Waals surface area contributed by atoms with E-state index in [2.05, 4.69) is 26.2 Å². The molecule has 1 aromatic carbocycles. The lowest BCUT2D eigenvalue weighted by Gasteiger charge is -2.06. The Bertz CT molecular complexity index is 721. The molecule has 9 heteroatoms. The quantitative estimate of drug-likeness (QED) is 0.500. The first-order valence-electron chi connectivity index (χ1n) is 5.55. The largest absolute Gasteiger partial charge is 0.396 e. The molecule has 0 aliphatic heterocycles. The lowest BCUT2D eigenvalue weighted by Crippen LogP contribution is -2.15. The number of hydrogen-bond donors (Lipinski definition) is 2. The highest BCUT2D eigenvalue weighted by molar-refractivity contribution is 9.10. The van der Waals surface area contributed by atoms with Crippen molar-refractivity contribution in [3.05, 3.63) is 56.4 Å². The van der Waals surface area contributed by atoms with Crippen LogP contribution in [0.25, 0.3) is 0 Å². The Balaban J connectivity index is 2.36. The number of nitro groups is 1. The summed E-state index contributed by atoms with van der Waals surface area (Å²) in [6, 6.07) is 4.66. The summed E-state index contributed by atoms with van der Waals surface area (Å²) in [7, 11) is 0. The van der Waals surface area contributed by atoms with Crippen LogP contribution in [0.1, 0.15) is 10.4 Å². The highest BCUT2D eigenvalue weighted by atomic mass is 79.9. The second-order valence-electron chi connectivity index (χ2n) is 3.96. The molecule has 2 rings (SSSR count). The second kappa shape index (κ2) is 5.83. The molecular formula is C12H8BrFN4O3. The number of amides is 1. The van der Waals surface area contributed by atoms with E-state index in [9.17, 15) is 19.3 Å². The van der Waals surface area contributed by atoms with Crippen molar-refractivity contribution < 1.29 is 14.1 Å². The van der Waals surface area contributed by atoms with Gasteiger partial charge in [0, 0.05) is 10.7 Å². The van der Waals surface area contributed by atoms with Crippen molar-refractivity contribution in [2.24, 2.45) is 0 Å². The molecule has 0 spiro atoms. The van der Waals surface area contributed by atoms with E-state index < -0.39 is 22.3 Å². The molecule has 0 fully saturated rings. The van der Waals surface area contributed by atoms with E-state index in [0.29, 0.717) is 10.5 Å². The van der Waals surface area contributed by atoms with Crippen LogP contribution in [0, 0.1) is 15.9 Å². The zero-order valence-electron chi connectivity index (χ0n) is 10.3. The maximum atomic E-state index is 13.3. The number of hydrogen-bond acceptors (Lipinski definition) is 5. The minimum Gasteiger partial charge on any atom is -0.396 e. The highest BCUT2D eigenvalue weighted by Gasteiger charge is 2.23. The molecule has 0 atom stereocenters. The maximum absolute atomic E-state index is 13.3. The van der Waals surface area contributed by atoms with E-state index >= 15 is 0 Å². The molecule has 108 valence electrons. The number of nitro benzene ring substituents is 1. The number of pyridine rings is 1. The molecule has 1 heterocycles. The third-order valence-electron chi connectivity index (χ3n) is 2.53. The SMILES string of the molecule is Nc1cc(C(=O)Nc2ccc(Br)cn2)c([N+](=O)[O-])cc1F. The van der Waals surface area contributed by atoms with E-state index in [1.807, 2.05) is 0 Å². The number of nitrogens with one attached hydrogen (secondary N) is 1. The van der Waals surface area contributed by atoms with Gasteiger partial charge in [0.2, 0.25) is 0 Å². The van der Waals surface area contributed by atoms with E-state index in [1.165, 1.54) is 12.3 Å². The molecule has 3 N–H and O–H groups in total. The normalized spacial score (nSPS) is 10.2. The van der Waals surface area contributed by atoms with Crippen molar-refractivity contribution in [3.63, 3.8) is 0 Å². The number of carbonyl (C=O) groups is 1. The number of nitrogens with two attached hydrogens (primary N) is 1. The van der Waals surface area contributed by atoms with Crippen LogP contribution < -0.4 is 11.1 Å². The molecule has 0 unspecified atom stereocenters. The van der Waals surface area contributed by atoms with Gasteiger partial charge in [0.1, 0.15) is 11.4 Å². The molecule has 0 bridgehead atoms. The maximum Gasteiger partial charge on any atom is 0.285 e. The summed E-state index contributed by atoms with van der Waals surface area (Å²) < 4.78 is 14.0. The zero-order valence-corrected chi connectivity index (χ0v) is 11.9. The number of nitrogens with zero attached hydrogens (tertiary/aromatic N) is 2. The van der Waals surface area contributed by atoms with Gasteiger partial charge >= 0.3 is 0 Å². The van der Waals surface area contributed by atoms with Crippen LogP contribution in [-0.2, 0) is 0 Å². The monoisotopic (exact) mass is 354 g/mol. The lowest BCUT2D eigenvalue weighted by molar-refractivity contribution is -0.385. The molecule has 1 aromatic heterocycles. The summed E-state index contributed by atoms with van der Waals surface area (Å²) in [5.41, 5.74) is 3.98. The number of anilines is 2. The van der Waals surface area contributed by atoms with E-state index in [1.54, 1.807) is 6.07 Å². The Hall–Kier alpha value is -2.55. The van der Waals surface area contributed by atoms with E-state index in [0.717, 1.165) is 6.07 Å². The molecule has 21 heavy (non-hydrogen) atoms. The topological polar surface area (TPSA) is 111 Å². The fourth-order valence-corrected chi connectivity index (χ4v) is 1.78. The summed E-state index contributed by atoms with van der Waals surface area (Å²) in [6.45, 7) is 0. The molecule has 0 aliphatic carbocycles. The van der Waals surface area contributed by atoms with Gasteiger partial charge in [-0.1, -0.05) is 0 Å². The molecule has 0 saturated carbocycles. The number of rotatable bonds is 3. The smallest absolute Gasteiger partial charge is 0.285 e. The summed E-state index contributed by atoms with van der Waals surface area (Å²) in [6.07, 6.45) is 1.45. The number of carbonyl (C=O) groups excluding carboxylic acids is 1. The summed E-state index contributed by atoms with van der Waals surface area (Å²) in [4.78, 5) is 26.0. The van der Waals surface area contributed by atoms with Gasteiger partial charge in [-0.2, -0.15) is 0 Å². The minimum atomic E-state index is -0.958. The van der Waals surface area contributed by atoms with Crippen molar-refractivity contribution in [1.82, 2.24) is 4.98 Å². The summed E-state index contributed by atoms with van der Waals surface area (Å²) in [5, 5.41) is 13.3. The van der Waals surface area contributed by atoms with Crippen molar-refractivity contribution in [2.75, 3.05) is 11.1 Å². The Morgan fingerprint density at radius 1 is 1.43 bits per heavy atom. The Morgan fingerprint density at radius 2 is 2.14 bits per heavy atom. The van der Waals surface area contributed by atoms with Gasteiger partial charge in [-0.05, 0) is 34.1 Å². The first-order valence-corrected chi connectivity index (χ1v) is 6.34. The molecule has 2 aromatic rings. The van der Waals surface area contributed by atoms with Crippen LogP contribution in [0.3, 0.4) is 0 Å². The predicted octanol–water partition coefficient (Wildman–Crippen LogP) is 2.73. The van der Waals surface area contributed by atoms with E-state index in [-0.39, 0.29) is 17.1 Å². The first kappa shape index (κ1) is 14.9. The number of benzene rings is 1.